The van der Waals surface area contributed by atoms with Crippen LogP contribution in [0, 0.1) is 0 Å². The van der Waals surface area contributed by atoms with Crippen molar-refractivity contribution in [2.45, 2.75) is 0 Å². The number of hydrogen-bond acceptors (Lipinski definition) is 3. The average molecular weight is 191 g/mol. The molecule has 0 aliphatic rings. The van der Waals surface area contributed by atoms with E-state index < -0.39 is 6.09 Å². The number of benzene rings is 1. The summed E-state index contributed by atoms with van der Waals surface area (Å²) in [4.78, 5) is 10.5. The van der Waals surface area contributed by atoms with Crippen molar-refractivity contribution in [3.8, 4) is 5.88 Å². The lowest BCUT2D eigenvalue weighted by atomic mass is 10.2. The minimum atomic E-state index is -0.875. The van der Waals surface area contributed by atoms with Crippen molar-refractivity contribution in [3.05, 3.63) is 30.3 Å². The van der Waals surface area contributed by atoms with Gasteiger partial charge in [-0.1, -0.05) is 18.2 Å². The van der Waals surface area contributed by atoms with E-state index in [0.717, 1.165) is 10.9 Å². The highest BCUT2D eigenvalue weighted by molar-refractivity contribution is 5.83. The normalized spacial score (nSPS) is 10.3. The number of nitrogen functional groups attached to an aromatic ring is 1. The van der Waals surface area contributed by atoms with E-state index >= 15 is 0 Å². The zero-order chi connectivity index (χ0) is 10.1. The topological polar surface area (TPSA) is 83.3 Å². The molecular formula is C9H9N3O2. The van der Waals surface area contributed by atoms with Gasteiger partial charge in [0, 0.05) is 11.5 Å². The van der Waals surface area contributed by atoms with Gasteiger partial charge in [-0.2, -0.15) is 0 Å². The summed E-state index contributed by atoms with van der Waals surface area (Å²) in [5, 5.41) is 0.895. The Labute approximate surface area is 79.8 Å². The van der Waals surface area contributed by atoms with Gasteiger partial charge in [0.05, 0.1) is 5.52 Å². The summed E-state index contributed by atoms with van der Waals surface area (Å²) in [6.07, 6.45) is -0.875. The van der Waals surface area contributed by atoms with Gasteiger partial charge in [0.15, 0.2) is 0 Å². The molecule has 0 aliphatic heterocycles. The third kappa shape index (κ3) is 1.24. The van der Waals surface area contributed by atoms with E-state index in [0.29, 0.717) is 0 Å². The molecular weight excluding hydrogens is 182 g/mol. The number of nitrogens with zero attached hydrogens (tertiary/aromatic N) is 1. The van der Waals surface area contributed by atoms with Gasteiger partial charge in [-0.25, -0.2) is 9.47 Å². The van der Waals surface area contributed by atoms with Crippen molar-refractivity contribution in [1.29, 1.82) is 0 Å². The summed E-state index contributed by atoms with van der Waals surface area (Å²) in [5.41, 5.74) is 5.67. The van der Waals surface area contributed by atoms with Crippen molar-refractivity contribution in [1.82, 2.24) is 4.68 Å². The Morgan fingerprint density at radius 1 is 1.36 bits per heavy atom. The summed E-state index contributed by atoms with van der Waals surface area (Å²) in [7, 11) is 0. The van der Waals surface area contributed by atoms with Crippen molar-refractivity contribution in [2.75, 3.05) is 5.84 Å². The van der Waals surface area contributed by atoms with Crippen LogP contribution in [0.2, 0.25) is 0 Å². The molecule has 14 heavy (non-hydrogen) atoms. The maximum absolute atomic E-state index is 10.5. The molecule has 0 unspecified atom stereocenters. The predicted molar refractivity (Wildman–Crippen MR) is 52.3 cm³/mol. The molecule has 0 aliphatic carbocycles. The molecule has 1 aromatic heterocycles. The minimum Gasteiger partial charge on any atom is -0.391 e. The summed E-state index contributed by atoms with van der Waals surface area (Å²) in [5.74, 6) is 5.91. The summed E-state index contributed by atoms with van der Waals surface area (Å²) in [6, 6.07) is 9.06. The number of primary amides is 1. The number of ether oxygens (including phenoxy) is 1. The lowest BCUT2D eigenvalue weighted by Gasteiger charge is -2.01. The number of nitrogens with two attached hydrogens (primary N) is 2. The van der Waals surface area contributed by atoms with Gasteiger partial charge < -0.3 is 16.3 Å². The van der Waals surface area contributed by atoms with E-state index in [2.05, 4.69) is 0 Å². The van der Waals surface area contributed by atoms with Crippen LogP contribution >= 0.6 is 0 Å². The monoisotopic (exact) mass is 191 g/mol. The molecule has 72 valence electrons. The zero-order valence-corrected chi connectivity index (χ0v) is 7.31. The summed E-state index contributed by atoms with van der Waals surface area (Å²) < 4.78 is 5.98. The first kappa shape index (κ1) is 8.43. The van der Waals surface area contributed by atoms with Gasteiger partial charge in [-0.3, -0.25) is 0 Å². The second-order valence-electron chi connectivity index (χ2n) is 2.83. The van der Waals surface area contributed by atoms with E-state index in [-0.39, 0.29) is 5.88 Å². The Hall–Kier alpha value is -2.17. The van der Waals surface area contributed by atoms with Crippen LogP contribution in [0.3, 0.4) is 0 Å². The summed E-state index contributed by atoms with van der Waals surface area (Å²) in [6.45, 7) is 0. The third-order valence-corrected chi connectivity index (χ3v) is 1.92. The van der Waals surface area contributed by atoms with E-state index in [1.807, 2.05) is 24.3 Å². The number of fused-ring (bicyclic) bond motifs is 1. The van der Waals surface area contributed by atoms with Crippen molar-refractivity contribution >= 4 is 17.0 Å². The predicted octanol–water partition coefficient (Wildman–Crippen LogP) is 0.813. The van der Waals surface area contributed by atoms with Gasteiger partial charge in [0.2, 0.25) is 5.88 Å². The maximum atomic E-state index is 10.5. The van der Waals surface area contributed by atoms with Crippen molar-refractivity contribution in [3.63, 3.8) is 0 Å². The maximum Gasteiger partial charge on any atom is 0.411 e. The van der Waals surface area contributed by atoms with Crippen LogP contribution in [-0.2, 0) is 0 Å². The van der Waals surface area contributed by atoms with E-state index in [4.69, 9.17) is 16.3 Å². The lowest BCUT2D eigenvalue weighted by molar-refractivity contribution is 0.208. The van der Waals surface area contributed by atoms with Gasteiger partial charge in [-0.15, -0.1) is 0 Å². The zero-order valence-electron chi connectivity index (χ0n) is 7.31. The Kier molecular flexibility index (Phi) is 1.78. The number of amides is 1. The quantitative estimate of drug-likeness (QED) is 0.654. The largest absolute Gasteiger partial charge is 0.411 e. The molecule has 2 aromatic rings. The van der Waals surface area contributed by atoms with E-state index in [1.165, 1.54) is 4.68 Å². The van der Waals surface area contributed by atoms with Gasteiger partial charge in [-0.05, 0) is 6.07 Å². The Bertz CT molecular complexity index is 490. The van der Waals surface area contributed by atoms with Crippen LogP contribution in [0.4, 0.5) is 4.79 Å². The van der Waals surface area contributed by atoms with Crippen LogP contribution in [0.1, 0.15) is 0 Å². The highest BCUT2D eigenvalue weighted by Gasteiger charge is 2.08. The van der Waals surface area contributed by atoms with Crippen molar-refractivity contribution < 1.29 is 9.53 Å². The number of rotatable bonds is 1. The minimum absolute atomic E-state index is 0.235. The molecule has 1 aromatic carbocycles. The molecule has 0 saturated carbocycles. The first-order chi connectivity index (χ1) is 6.68. The number of aromatic nitrogens is 1. The van der Waals surface area contributed by atoms with Crippen LogP contribution in [0.15, 0.2) is 30.3 Å². The number of carbonyl (C=O) groups is 1. The highest BCUT2D eigenvalue weighted by Crippen LogP contribution is 2.22. The fourth-order valence-electron chi connectivity index (χ4n) is 1.33. The summed E-state index contributed by atoms with van der Waals surface area (Å²) >= 11 is 0. The molecule has 0 atom stereocenters. The molecule has 0 bridgehead atoms. The first-order valence-electron chi connectivity index (χ1n) is 4.01. The molecule has 0 saturated heterocycles. The van der Waals surface area contributed by atoms with Gasteiger partial charge in [0.1, 0.15) is 0 Å². The molecule has 5 heteroatoms. The number of para-hydroxylation sites is 1. The highest BCUT2D eigenvalue weighted by atomic mass is 16.6. The SMILES string of the molecule is NC(=O)Oc1cc2ccccc2n1N. The Morgan fingerprint density at radius 2 is 2.07 bits per heavy atom. The second kappa shape index (κ2) is 2.95. The van der Waals surface area contributed by atoms with Crippen LogP contribution in [0.25, 0.3) is 10.9 Å². The molecule has 0 spiro atoms. The molecule has 2 rings (SSSR count). The van der Waals surface area contributed by atoms with Crippen LogP contribution < -0.4 is 16.3 Å². The second-order valence-corrected chi connectivity index (χ2v) is 2.83. The molecule has 4 N–H and O–H groups in total. The number of hydrogen-bond donors (Lipinski definition) is 2. The molecule has 0 fully saturated rings. The smallest absolute Gasteiger partial charge is 0.391 e. The van der Waals surface area contributed by atoms with Gasteiger partial charge >= 0.3 is 6.09 Å². The van der Waals surface area contributed by atoms with Crippen molar-refractivity contribution in [2.24, 2.45) is 5.73 Å². The molecule has 1 heterocycles. The fourth-order valence-corrected chi connectivity index (χ4v) is 1.33. The Morgan fingerprint density at radius 3 is 2.71 bits per heavy atom. The van der Waals surface area contributed by atoms with E-state index in [1.54, 1.807) is 6.07 Å². The average Bonchev–Trinajstić information content (AvgIpc) is 2.44. The molecule has 5 nitrogen and oxygen atoms in total. The van der Waals surface area contributed by atoms with Crippen LogP contribution in [0.5, 0.6) is 5.88 Å². The lowest BCUT2D eigenvalue weighted by Crippen LogP contribution is -2.20. The third-order valence-electron chi connectivity index (χ3n) is 1.92. The molecule has 1 amide bonds. The van der Waals surface area contributed by atoms with Gasteiger partial charge in [0.25, 0.3) is 0 Å². The van der Waals surface area contributed by atoms with E-state index in [9.17, 15) is 4.79 Å². The first-order valence-corrected chi connectivity index (χ1v) is 4.01. The van der Waals surface area contributed by atoms with Crippen LogP contribution in [-0.4, -0.2) is 10.8 Å². The fraction of sp³-hybridized carbons (Fsp3) is 0. The molecule has 0 radical (unpaired) electrons. The Balaban J connectivity index is 2.57. The number of carbonyl (C=O) groups excluding carboxylic acids is 1. The standard InChI is InChI=1S/C9H9N3O2/c10-9(13)14-8-5-6-3-1-2-4-7(6)12(8)11/h1-5H,11H2,(H2,10,13).